The standard InChI is InChI=1S/C30H40N2O/c1-8-28(24-9-11-25(33)12-10-24)32-30-21(7)14-23(17-27(30)19(4)5)15-22-13-20(6)29(31)26(16-22)18(2)3/h9-14,16-19,28,32-33H,8,15,31H2,1-7H3. The first kappa shape index (κ1) is 24.7. The van der Waals surface area contributed by atoms with E-state index in [2.05, 4.69) is 78.0 Å². The molecule has 0 radical (unpaired) electrons. The van der Waals surface area contributed by atoms with Crippen molar-refractivity contribution in [2.45, 2.75) is 79.2 Å². The predicted molar refractivity (Wildman–Crippen MR) is 143 cm³/mol. The average molecular weight is 445 g/mol. The first-order valence-corrected chi connectivity index (χ1v) is 12.2. The van der Waals surface area contributed by atoms with Crippen molar-refractivity contribution in [2.75, 3.05) is 11.1 Å². The van der Waals surface area contributed by atoms with E-state index in [1.54, 1.807) is 12.1 Å². The van der Waals surface area contributed by atoms with Crippen LogP contribution in [0.5, 0.6) is 5.75 Å². The second-order valence-electron chi connectivity index (χ2n) is 9.98. The maximum Gasteiger partial charge on any atom is 0.115 e. The van der Waals surface area contributed by atoms with Crippen LogP contribution in [0.1, 0.15) is 97.9 Å². The highest BCUT2D eigenvalue weighted by Gasteiger charge is 2.17. The number of phenolic OH excluding ortho intramolecular Hbond substituents is 1. The largest absolute Gasteiger partial charge is 0.508 e. The molecule has 3 heteroatoms. The highest BCUT2D eigenvalue weighted by Crippen LogP contribution is 2.35. The topological polar surface area (TPSA) is 58.3 Å². The molecule has 0 fully saturated rings. The fourth-order valence-corrected chi connectivity index (χ4v) is 4.67. The van der Waals surface area contributed by atoms with E-state index in [0.717, 1.165) is 24.1 Å². The van der Waals surface area contributed by atoms with Crippen LogP contribution in [0.2, 0.25) is 0 Å². The van der Waals surface area contributed by atoms with Crippen molar-refractivity contribution in [1.82, 2.24) is 0 Å². The number of benzene rings is 3. The van der Waals surface area contributed by atoms with E-state index in [1.807, 2.05) is 12.1 Å². The van der Waals surface area contributed by atoms with E-state index in [1.165, 1.54) is 39.1 Å². The van der Waals surface area contributed by atoms with Crippen LogP contribution >= 0.6 is 0 Å². The number of nitrogen functional groups attached to an aromatic ring is 1. The molecule has 0 aromatic heterocycles. The summed E-state index contributed by atoms with van der Waals surface area (Å²) >= 11 is 0. The second-order valence-corrected chi connectivity index (χ2v) is 9.98. The van der Waals surface area contributed by atoms with Crippen LogP contribution in [0.3, 0.4) is 0 Å². The fourth-order valence-electron chi connectivity index (χ4n) is 4.67. The lowest BCUT2D eigenvalue weighted by molar-refractivity contribution is 0.475. The van der Waals surface area contributed by atoms with Gasteiger partial charge in [0.05, 0.1) is 6.04 Å². The van der Waals surface area contributed by atoms with E-state index in [-0.39, 0.29) is 6.04 Å². The van der Waals surface area contributed by atoms with E-state index < -0.39 is 0 Å². The summed E-state index contributed by atoms with van der Waals surface area (Å²) < 4.78 is 0. The quantitative estimate of drug-likeness (QED) is 0.309. The highest BCUT2D eigenvalue weighted by molar-refractivity contribution is 5.62. The number of aryl methyl sites for hydroxylation is 2. The smallest absolute Gasteiger partial charge is 0.115 e. The molecule has 1 unspecified atom stereocenters. The molecule has 0 bridgehead atoms. The lowest BCUT2D eigenvalue weighted by atomic mass is 9.90. The van der Waals surface area contributed by atoms with E-state index in [4.69, 9.17) is 5.73 Å². The summed E-state index contributed by atoms with van der Waals surface area (Å²) in [5.74, 6) is 1.12. The molecular formula is C30H40N2O. The average Bonchev–Trinajstić information content (AvgIpc) is 2.75. The van der Waals surface area contributed by atoms with E-state index in [0.29, 0.717) is 17.6 Å². The summed E-state index contributed by atoms with van der Waals surface area (Å²) in [5.41, 5.74) is 17.3. The zero-order valence-electron chi connectivity index (χ0n) is 21.3. The molecule has 33 heavy (non-hydrogen) atoms. The van der Waals surface area contributed by atoms with Gasteiger partial charge in [0, 0.05) is 11.4 Å². The Morgan fingerprint density at radius 2 is 1.36 bits per heavy atom. The third-order valence-corrected chi connectivity index (χ3v) is 6.58. The molecule has 3 aromatic carbocycles. The molecular weight excluding hydrogens is 404 g/mol. The number of aromatic hydroxyl groups is 1. The molecule has 3 rings (SSSR count). The molecule has 0 aliphatic rings. The Labute approximate surface area is 200 Å². The minimum absolute atomic E-state index is 0.195. The van der Waals surface area contributed by atoms with Crippen LogP contribution in [0, 0.1) is 13.8 Å². The summed E-state index contributed by atoms with van der Waals surface area (Å²) in [6.45, 7) is 15.4. The molecule has 1 atom stereocenters. The number of nitrogens with one attached hydrogen (secondary N) is 1. The first-order valence-electron chi connectivity index (χ1n) is 12.2. The Balaban J connectivity index is 1.95. The molecule has 0 saturated carbocycles. The van der Waals surface area contributed by atoms with Gasteiger partial charge in [-0.2, -0.15) is 0 Å². The zero-order chi connectivity index (χ0) is 24.3. The zero-order valence-corrected chi connectivity index (χ0v) is 21.3. The van der Waals surface area contributed by atoms with Gasteiger partial charge in [0.2, 0.25) is 0 Å². The van der Waals surface area contributed by atoms with Crippen LogP contribution < -0.4 is 11.1 Å². The second kappa shape index (κ2) is 10.3. The van der Waals surface area contributed by atoms with Crippen LogP contribution in [-0.2, 0) is 6.42 Å². The number of hydrogen-bond donors (Lipinski definition) is 3. The number of rotatable bonds is 8. The molecule has 3 aromatic rings. The number of hydrogen-bond acceptors (Lipinski definition) is 3. The van der Waals surface area contributed by atoms with Crippen LogP contribution in [-0.4, -0.2) is 5.11 Å². The normalized spacial score (nSPS) is 12.4. The number of anilines is 2. The SMILES string of the molecule is CCC(Nc1c(C)cc(Cc2cc(C)c(N)c(C(C)C)c2)cc1C(C)C)c1ccc(O)cc1. The lowest BCUT2D eigenvalue weighted by Gasteiger charge is -2.25. The molecule has 0 aliphatic carbocycles. The van der Waals surface area contributed by atoms with Crippen molar-refractivity contribution in [1.29, 1.82) is 0 Å². The van der Waals surface area contributed by atoms with Gasteiger partial charge in [0.25, 0.3) is 0 Å². The van der Waals surface area contributed by atoms with Gasteiger partial charge in [-0.25, -0.2) is 0 Å². The Hall–Kier alpha value is -2.94. The minimum Gasteiger partial charge on any atom is -0.508 e. The van der Waals surface area contributed by atoms with E-state index in [9.17, 15) is 5.11 Å². The first-order chi connectivity index (χ1) is 15.6. The van der Waals surface area contributed by atoms with Gasteiger partial charge >= 0.3 is 0 Å². The van der Waals surface area contributed by atoms with Crippen molar-refractivity contribution in [3.05, 3.63) is 87.5 Å². The molecule has 0 heterocycles. The minimum atomic E-state index is 0.195. The lowest BCUT2D eigenvalue weighted by Crippen LogP contribution is -2.13. The molecule has 3 nitrogen and oxygen atoms in total. The summed E-state index contributed by atoms with van der Waals surface area (Å²) in [7, 11) is 0. The van der Waals surface area contributed by atoms with Gasteiger partial charge in [-0.3, -0.25) is 0 Å². The highest BCUT2D eigenvalue weighted by atomic mass is 16.3. The Morgan fingerprint density at radius 3 is 1.91 bits per heavy atom. The molecule has 176 valence electrons. The molecule has 0 saturated heterocycles. The van der Waals surface area contributed by atoms with Gasteiger partial charge in [-0.05, 0) is 89.6 Å². The summed E-state index contributed by atoms with van der Waals surface area (Å²) in [5, 5.41) is 13.5. The third kappa shape index (κ3) is 5.71. The molecule has 0 spiro atoms. The van der Waals surface area contributed by atoms with Crippen molar-refractivity contribution in [2.24, 2.45) is 0 Å². The van der Waals surface area contributed by atoms with Gasteiger partial charge in [-0.15, -0.1) is 0 Å². The Morgan fingerprint density at radius 1 is 0.818 bits per heavy atom. The van der Waals surface area contributed by atoms with Gasteiger partial charge < -0.3 is 16.2 Å². The molecule has 0 amide bonds. The number of phenols is 1. The van der Waals surface area contributed by atoms with Gasteiger partial charge in [0.15, 0.2) is 0 Å². The van der Waals surface area contributed by atoms with Crippen molar-refractivity contribution < 1.29 is 5.11 Å². The Bertz CT molecular complexity index is 1100. The van der Waals surface area contributed by atoms with Crippen molar-refractivity contribution >= 4 is 11.4 Å². The predicted octanol–water partition coefficient (Wildman–Crippen LogP) is 7.99. The van der Waals surface area contributed by atoms with Crippen LogP contribution in [0.4, 0.5) is 11.4 Å². The van der Waals surface area contributed by atoms with Crippen LogP contribution in [0.25, 0.3) is 0 Å². The molecule has 0 aliphatic heterocycles. The maximum absolute atomic E-state index is 9.67. The monoisotopic (exact) mass is 444 g/mol. The van der Waals surface area contributed by atoms with Crippen molar-refractivity contribution in [3.63, 3.8) is 0 Å². The fraction of sp³-hybridized carbons (Fsp3) is 0.400. The Kier molecular flexibility index (Phi) is 7.73. The molecule has 4 N–H and O–H groups in total. The number of nitrogens with two attached hydrogens (primary N) is 1. The van der Waals surface area contributed by atoms with Gasteiger partial charge in [-0.1, -0.05) is 71.0 Å². The van der Waals surface area contributed by atoms with Gasteiger partial charge in [0.1, 0.15) is 5.75 Å². The van der Waals surface area contributed by atoms with E-state index >= 15 is 0 Å². The van der Waals surface area contributed by atoms with Crippen molar-refractivity contribution in [3.8, 4) is 5.75 Å². The summed E-state index contributed by atoms with van der Waals surface area (Å²) in [6.07, 6.45) is 1.86. The third-order valence-electron chi connectivity index (χ3n) is 6.58. The summed E-state index contributed by atoms with van der Waals surface area (Å²) in [6, 6.07) is 16.9. The summed E-state index contributed by atoms with van der Waals surface area (Å²) in [4.78, 5) is 0. The maximum atomic E-state index is 9.67. The van der Waals surface area contributed by atoms with Crippen LogP contribution in [0.15, 0.2) is 48.5 Å².